The molecule has 1 saturated heterocycles. The third-order valence-corrected chi connectivity index (χ3v) is 6.82. The predicted octanol–water partition coefficient (Wildman–Crippen LogP) is 0.478. The van der Waals surface area contributed by atoms with Crippen LogP contribution in [0, 0.1) is 0 Å². The molecule has 0 bridgehead atoms. The lowest BCUT2D eigenvalue weighted by molar-refractivity contribution is -0.141. The molecule has 1 fully saturated rings. The third-order valence-electron chi connectivity index (χ3n) is 5.52. The normalized spacial score (nSPS) is 17.1. The predicted molar refractivity (Wildman–Crippen MR) is 112 cm³/mol. The molecule has 0 atom stereocenters. The molecular formula is C20H24N4O6S. The topological polar surface area (TPSA) is 111 Å². The van der Waals surface area contributed by atoms with Crippen LogP contribution in [0.15, 0.2) is 35.1 Å². The van der Waals surface area contributed by atoms with Gasteiger partial charge in [0, 0.05) is 37.8 Å². The number of hydrogen-bond acceptors (Lipinski definition) is 7. The number of rotatable bonds is 4. The van der Waals surface area contributed by atoms with Gasteiger partial charge in [-0.1, -0.05) is 0 Å². The largest absolute Gasteiger partial charge is 0.454 e. The van der Waals surface area contributed by atoms with E-state index in [1.54, 1.807) is 36.9 Å². The molecule has 11 heteroatoms. The summed E-state index contributed by atoms with van der Waals surface area (Å²) in [6, 6.07) is 8.33. The summed E-state index contributed by atoms with van der Waals surface area (Å²) in [7, 11) is -3.30. The lowest BCUT2D eigenvalue weighted by atomic mass is 10.0. The first-order valence-electron chi connectivity index (χ1n) is 9.83. The van der Waals surface area contributed by atoms with Crippen LogP contribution in [0.25, 0.3) is 11.3 Å². The SMILES string of the molecule is CC(C)(C(=O)N1CCN(S(C)(=O)=O)CC1)n1nc(-c2ccc3c(c2)OCO3)ccc1=O. The van der Waals surface area contributed by atoms with Crippen molar-refractivity contribution >= 4 is 15.9 Å². The average Bonchev–Trinajstić information content (AvgIpc) is 3.20. The summed E-state index contributed by atoms with van der Waals surface area (Å²) in [4.78, 5) is 27.4. The van der Waals surface area contributed by atoms with Crippen molar-refractivity contribution in [3.63, 3.8) is 0 Å². The first-order valence-corrected chi connectivity index (χ1v) is 11.7. The summed E-state index contributed by atoms with van der Waals surface area (Å²) in [6.45, 7) is 4.38. The molecule has 0 N–H and O–H groups in total. The van der Waals surface area contributed by atoms with Gasteiger partial charge in [-0.2, -0.15) is 9.40 Å². The number of carbonyl (C=O) groups excluding carboxylic acids is 1. The van der Waals surface area contributed by atoms with E-state index in [1.165, 1.54) is 15.1 Å². The number of piperazine rings is 1. The molecule has 2 aromatic rings. The van der Waals surface area contributed by atoms with Gasteiger partial charge in [-0.3, -0.25) is 9.59 Å². The van der Waals surface area contributed by atoms with Gasteiger partial charge in [-0.05, 0) is 38.1 Å². The molecule has 0 aliphatic carbocycles. The minimum absolute atomic E-state index is 0.153. The van der Waals surface area contributed by atoms with Gasteiger partial charge in [-0.15, -0.1) is 0 Å². The second-order valence-electron chi connectivity index (χ2n) is 8.05. The van der Waals surface area contributed by atoms with Crippen LogP contribution in [0.5, 0.6) is 11.5 Å². The molecule has 2 aliphatic rings. The van der Waals surface area contributed by atoms with Crippen LogP contribution in [0.4, 0.5) is 0 Å². The number of aromatic nitrogens is 2. The Hall–Kier alpha value is -2.92. The lowest BCUT2D eigenvalue weighted by Crippen LogP contribution is -2.57. The fourth-order valence-corrected chi connectivity index (χ4v) is 4.55. The number of nitrogens with zero attached hydrogens (tertiary/aromatic N) is 4. The van der Waals surface area contributed by atoms with Gasteiger partial charge in [0.1, 0.15) is 5.54 Å². The summed E-state index contributed by atoms with van der Waals surface area (Å²) >= 11 is 0. The highest BCUT2D eigenvalue weighted by Crippen LogP contribution is 2.35. The van der Waals surface area contributed by atoms with Crippen molar-refractivity contribution in [3.05, 3.63) is 40.7 Å². The van der Waals surface area contributed by atoms with Gasteiger partial charge in [-0.25, -0.2) is 13.1 Å². The van der Waals surface area contributed by atoms with Gasteiger partial charge in [0.25, 0.3) is 5.56 Å². The quantitative estimate of drug-likeness (QED) is 0.669. The van der Waals surface area contributed by atoms with E-state index < -0.39 is 21.1 Å². The van der Waals surface area contributed by atoms with E-state index in [-0.39, 0.29) is 38.9 Å². The smallest absolute Gasteiger partial charge is 0.267 e. The Balaban J connectivity index is 1.60. The highest BCUT2D eigenvalue weighted by Gasteiger charge is 2.38. The maximum Gasteiger partial charge on any atom is 0.267 e. The number of amides is 1. The zero-order valence-corrected chi connectivity index (χ0v) is 18.4. The van der Waals surface area contributed by atoms with Crippen LogP contribution in [0.2, 0.25) is 0 Å². The summed E-state index contributed by atoms with van der Waals surface area (Å²) in [5.41, 5.74) is -0.419. The molecule has 3 heterocycles. The Morgan fingerprint density at radius 3 is 2.39 bits per heavy atom. The molecule has 0 unspecified atom stereocenters. The van der Waals surface area contributed by atoms with Crippen molar-refractivity contribution in [3.8, 4) is 22.8 Å². The van der Waals surface area contributed by atoms with Gasteiger partial charge in [0.05, 0.1) is 11.9 Å². The zero-order valence-electron chi connectivity index (χ0n) is 17.6. The molecule has 10 nitrogen and oxygen atoms in total. The highest BCUT2D eigenvalue weighted by atomic mass is 32.2. The Bertz CT molecular complexity index is 1180. The summed E-state index contributed by atoms with van der Waals surface area (Å²) in [5, 5.41) is 4.46. The van der Waals surface area contributed by atoms with Gasteiger partial charge in [0.2, 0.25) is 22.7 Å². The monoisotopic (exact) mass is 448 g/mol. The second-order valence-corrected chi connectivity index (χ2v) is 10.0. The molecule has 4 rings (SSSR count). The van der Waals surface area contributed by atoms with Crippen molar-refractivity contribution in [2.24, 2.45) is 0 Å². The van der Waals surface area contributed by atoms with E-state index >= 15 is 0 Å². The molecule has 0 saturated carbocycles. The summed E-state index contributed by atoms with van der Waals surface area (Å²) in [5.74, 6) is 0.940. The van der Waals surface area contributed by atoms with E-state index in [9.17, 15) is 18.0 Å². The minimum Gasteiger partial charge on any atom is -0.454 e. The Kier molecular flexibility index (Phi) is 5.26. The minimum atomic E-state index is -3.30. The summed E-state index contributed by atoms with van der Waals surface area (Å²) in [6.07, 6.45) is 1.15. The van der Waals surface area contributed by atoms with Gasteiger partial charge in [0.15, 0.2) is 11.5 Å². The van der Waals surface area contributed by atoms with E-state index in [0.717, 1.165) is 11.8 Å². The standard InChI is InChI=1S/C20H24N4O6S/c1-20(2,19(26)22-8-10-23(11-9-22)31(3,27)28)24-18(25)7-5-15(21-24)14-4-6-16-17(12-14)30-13-29-16/h4-7,12H,8-11,13H2,1-3H3. The zero-order chi connectivity index (χ0) is 22.4. The number of hydrogen-bond donors (Lipinski definition) is 0. The average molecular weight is 449 g/mol. The number of carbonyl (C=O) groups is 1. The summed E-state index contributed by atoms with van der Waals surface area (Å²) < 4.78 is 36.7. The first kappa shape index (κ1) is 21.3. The van der Waals surface area contributed by atoms with Crippen LogP contribution in [-0.4, -0.2) is 72.5 Å². The van der Waals surface area contributed by atoms with Gasteiger partial charge >= 0.3 is 0 Å². The fraction of sp³-hybridized carbons (Fsp3) is 0.450. The van der Waals surface area contributed by atoms with E-state index in [2.05, 4.69) is 5.10 Å². The number of ether oxygens (including phenoxy) is 2. The van der Waals surface area contributed by atoms with Crippen molar-refractivity contribution in [2.75, 3.05) is 39.2 Å². The molecular weight excluding hydrogens is 424 g/mol. The number of benzene rings is 1. The Labute approximate surface area is 180 Å². The molecule has 1 aromatic carbocycles. The molecule has 166 valence electrons. The number of fused-ring (bicyclic) bond motifs is 1. The van der Waals surface area contributed by atoms with Crippen molar-refractivity contribution in [1.82, 2.24) is 19.0 Å². The van der Waals surface area contributed by atoms with E-state index in [4.69, 9.17) is 9.47 Å². The van der Waals surface area contributed by atoms with Crippen LogP contribution in [-0.2, 0) is 20.4 Å². The first-order chi connectivity index (χ1) is 14.6. The molecule has 0 radical (unpaired) electrons. The van der Waals surface area contributed by atoms with Crippen molar-refractivity contribution in [1.29, 1.82) is 0 Å². The maximum atomic E-state index is 13.3. The van der Waals surface area contributed by atoms with Crippen LogP contribution < -0.4 is 15.0 Å². The number of sulfonamides is 1. The van der Waals surface area contributed by atoms with E-state index in [0.29, 0.717) is 17.2 Å². The third kappa shape index (κ3) is 4.02. The molecule has 1 amide bonds. The second kappa shape index (κ2) is 7.65. The Morgan fingerprint density at radius 2 is 1.71 bits per heavy atom. The fourth-order valence-electron chi connectivity index (χ4n) is 3.72. The van der Waals surface area contributed by atoms with Gasteiger partial charge < -0.3 is 14.4 Å². The van der Waals surface area contributed by atoms with Crippen LogP contribution in [0.1, 0.15) is 13.8 Å². The molecule has 1 aromatic heterocycles. The lowest BCUT2D eigenvalue weighted by Gasteiger charge is -2.37. The van der Waals surface area contributed by atoms with E-state index in [1.807, 2.05) is 6.07 Å². The molecule has 0 spiro atoms. The highest BCUT2D eigenvalue weighted by molar-refractivity contribution is 7.88. The molecule has 2 aliphatic heterocycles. The van der Waals surface area contributed by atoms with Crippen LogP contribution >= 0.6 is 0 Å². The van der Waals surface area contributed by atoms with Crippen molar-refractivity contribution in [2.45, 2.75) is 19.4 Å². The molecule has 31 heavy (non-hydrogen) atoms. The Morgan fingerprint density at radius 1 is 1.03 bits per heavy atom. The van der Waals surface area contributed by atoms with Crippen molar-refractivity contribution < 1.29 is 22.7 Å². The maximum absolute atomic E-state index is 13.3. The van der Waals surface area contributed by atoms with Crippen LogP contribution in [0.3, 0.4) is 0 Å².